The predicted octanol–water partition coefficient (Wildman–Crippen LogP) is 3.81. The highest BCUT2D eigenvalue weighted by Gasteiger charge is 2.21. The third-order valence-corrected chi connectivity index (χ3v) is 6.51. The number of rotatable bonds is 9. The Bertz CT molecular complexity index is 1810. The third-order valence-electron chi connectivity index (χ3n) is 6.51. The number of carbonyl (C=O) groups is 2. The second kappa shape index (κ2) is 10.1. The highest BCUT2D eigenvalue weighted by Crippen LogP contribution is 2.36. The normalized spacial score (nSPS) is 11.5. The van der Waals surface area contributed by atoms with Gasteiger partial charge in [0.15, 0.2) is 5.82 Å². The highest BCUT2D eigenvalue weighted by atomic mass is 16.6. The molecule has 0 amide bonds. The van der Waals surface area contributed by atoms with Crippen molar-refractivity contribution in [3.05, 3.63) is 72.2 Å². The Morgan fingerprint density at radius 2 is 1.67 bits per heavy atom. The number of methoxy groups -OCH3 is 1. The molecule has 0 aliphatic carbocycles. The summed E-state index contributed by atoms with van der Waals surface area (Å²) in [7, 11) is 1.26. The fourth-order valence-corrected chi connectivity index (χ4v) is 4.78. The molecule has 0 aliphatic heterocycles. The molecule has 0 unspecified atom stereocenters. The lowest BCUT2D eigenvalue weighted by Crippen LogP contribution is -2.12. The average molecular weight is 525 g/mol. The smallest absolute Gasteiger partial charge is 0.377 e. The predicted molar refractivity (Wildman–Crippen MR) is 142 cm³/mol. The monoisotopic (exact) mass is 524 g/mol. The SMILES string of the molecule is COC(=O)c1nc(-c2cn(Cc3ccc4ccc5cccc6ccc3c4c56)nn2)n(COCCOC(C)=O)n1. The van der Waals surface area contributed by atoms with Crippen molar-refractivity contribution in [3.63, 3.8) is 0 Å². The number of aromatic nitrogens is 6. The van der Waals surface area contributed by atoms with E-state index in [1.165, 1.54) is 45.6 Å². The molecule has 2 aromatic heterocycles. The molecule has 0 saturated heterocycles. The summed E-state index contributed by atoms with van der Waals surface area (Å²) in [6.07, 6.45) is 1.75. The molecule has 4 aromatic carbocycles. The minimum absolute atomic E-state index is 0.0392. The van der Waals surface area contributed by atoms with Gasteiger partial charge >= 0.3 is 11.9 Å². The number of hydrogen-bond donors (Lipinski definition) is 0. The van der Waals surface area contributed by atoms with E-state index in [-0.39, 0.29) is 25.8 Å². The van der Waals surface area contributed by atoms with Gasteiger partial charge in [-0.1, -0.05) is 59.8 Å². The van der Waals surface area contributed by atoms with E-state index in [0.717, 1.165) is 10.9 Å². The summed E-state index contributed by atoms with van der Waals surface area (Å²) in [4.78, 5) is 27.3. The van der Waals surface area contributed by atoms with Gasteiger partial charge in [0.1, 0.15) is 19.0 Å². The zero-order chi connectivity index (χ0) is 26.9. The van der Waals surface area contributed by atoms with E-state index in [0.29, 0.717) is 18.1 Å². The molecular formula is C28H24N6O5. The summed E-state index contributed by atoms with van der Waals surface area (Å²) in [5.41, 5.74) is 1.52. The lowest BCUT2D eigenvalue weighted by molar-refractivity contribution is -0.142. The molecule has 0 bridgehead atoms. The molecule has 0 radical (unpaired) electrons. The molecule has 0 saturated carbocycles. The number of nitrogens with zero attached hydrogens (tertiary/aromatic N) is 6. The van der Waals surface area contributed by atoms with Gasteiger partial charge in [0.05, 0.1) is 26.5 Å². The van der Waals surface area contributed by atoms with Gasteiger partial charge in [-0.25, -0.2) is 14.2 Å². The minimum Gasteiger partial charge on any atom is -0.463 e. The Kier molecular flexibility index (Phi) is 6.33. The van der Waals surface area contributed by atoms with Crippen molar-refractivity contribution < 1.29 is 23.8 Å². The number of carbonyl (C=O) groups excluding carboxylic acids is 2. The zero-order valence-corrected chi connectivity index (χ0v) is 21.3. The zero-order valence-electron chi connectivity index (χ0n) is 21.3. The average Bonchev–Trinajstić information content (AvgIpc) is 3.59. The van der Waals surface area contributed by atoms with Crippen LogP contribution in [0.5, 0.6) is 0 Å². The number of esters is 2. The van der Waals surface area contributed by atoms with E-state index >= 15 is 0 Å². The fraction of sp³-hybridized carbons (Fsp3) is 0.214. The van der Waals surface area contributed by atoms with Crippen LogP contribution >= 0.6 is 0 Å². The van der Waals surface area contributed by atoms with E-state index in [4.69, 9.17) is 14.2 Å². The van der Waals surface area contributed by atoms with Crippen molar-refractivity contribution in [3.8, 4) is 11.5 Å². The van der Waals surface area contributed by atoms with Gasteiger partial charge in [-0.05, 0) is 37.9 Å². The number of benzene rings is 4. The first-order valence-electron chi connectivity index (χ1n) is 12.3. The molecule has 0 aliphatic rings. The Labute approximate surface area is 222 Å². The van der Waals surface area contributed by atoms with Crippen molar-refractivity contribution in [2.24, 2.45) is 0 Å². The van der Waals surface area contributed by atoms with Gasteiger partial charge in [0.25, 0.3) is 5.82 Å². The van der Waals surface area contributed by atoms with Gasteiger partial charge in [-0.15, -0.1) is 10.2 Å². The summed E-state index contributed by atoms with van der Waals surface area (Å²) >= 11 is 0. The lowest BCUT2D eigenvalue weighted by atomic mass is 9.92. The van der Waals surface area contributed by atoms with Crippen LogP contribution in [0.25, 0.3) is 43.8 Å². The molecular weight excluding hydrogens is 500 g/mol. The Hall–Kier alpha value is -4.90. The van der Waals surface area contributed by atoms with Crippen LogP contribution in [0.1, 0.15) is 23.1 Å². The highest BCUT2D eigenvalue weighted by molar-refractivity contribution is 6.23. The van der Waals surface area contributed by atoms with Crippen LogP contribution in [0.4, 0.5) is 0 Å². The molecule has 11 heteroatoms. The Morgan fingerprint density at radius 1 is 0.923 bits per heavy atom. The maximum absolute atomic E-state index is 12.1. The number of ether oxygens (including phenoxy) is 3. The van der Waals surface area contributed by atoms with E-state index in [9.17, 15) is 9.59 Å². The second-order valence-electron chi connectivity index (χ2n) is 9.01. The van der Waals surface area contributed by atoms with Crippen LogP contribution in [0.3, 0.4) is 0 Å². The first-order valence-corrected chi connectivity index (χ1v) is 12.3. The van der Waals surface area contributed by atoms with Crippen molar-refractivity contribution in [1.82, 2.24) is 29.8 Å². The Morgan fingerprint density at radius 3 is 2.44 bits per heavy atom. The van der Waals surface area contributed by atoms with Gasteiger partial charge in [0, 0.05) is 6.92 Å². The molecule has 0 fully saturated rings. The van der Waals surface area contributed by atoms with E-state index in [2.05, 4.69) is 75.0 Å². The maximum atomic E-state index is 12.1. The molecule has 6 rings (SSSR count). The summed E-state index contributed by atoms with van der Waals surface area (Å²) in [5.74, 6) is -0.910. The molecule has 0 spiro atoms. The van der Waals surface area contributed by atoms with Gasteiger partial charge in [-0.3, -0.25) is 4.79 Å². The standard InChI is InChI=1S/C28H24N6O5/c1-17(35)39-13-12-38-16-34-27(29-26(31-34)28(36)37-2)23-15-33(32-30-23)14-21-9-8-20-7-6-18-4-3-5-19-10-11-22(21)25(20)24(18)19/h3-11,15H,12-14,16H2,1-2H3. The van der Waals surface area contributed by atoms with Crippen LogP contribution in [0, 0.1) is 0 Å². The van der Waals surface area contributed by atoms with E-state index < -0.39 is 11.9 Å². The Balaban J connectivity index is 1.29. The number of hydrogen-bond acceptors (Lipinski definition) is 9. The largest absolute Gasteiger partial charge is 0.463 e. The van der Waals surface area contributed by atoms with Crippen molar-refractivity contribution in [1.29, 1.82) is 0 Å². The molecule has 39 heavy (non-hydrogen) atoms. The lowest BCUT2D eigenvalue weighted by Gasteiger charge is -2.13. The second-order valence-corrected chi connectivity index (χ2v) is 9.01. The molecule has 0 atom stereocenters. The first kappa shape index (κ1) is 24.4. The van der Waals surface area contributed by atoms with Crippen LogP contribution in [-0.4, -0.2) is 62.0 Å². The van der Waals surface area contributed by atoms with Gasteiger partial charge in [0.2, 0.25) is 0 Å². The van der Waals surface area contributed by atoms with Crippen molar-refractivity contribution in [2.75, 3.05) is 20.3 Å². The fourth-order valence-electron chi connectivity index (χ4n) is 4.78. The summed E-state index contributed by atoms with van der Waals surface area (Å²) < 4.78 is 18.3. The molecule has 196 valence electrons. The maximum Gasteiger partial charge on any atom is 0.377 e. The summed E-state index contributed by atoms with van der Waals surface area (Å²) in [5, 5.41) is 20.0. The van der Waals surface area contributed by atoms with Crippen LogP contribution < -0.4 is 0 Å². The summed E-state index contributed by atoms with van der Waals surface area (Å²) in [6.45, 7) is 2.01. The summed E-state index contributed by atoms with van der Waals surface area (Å²) in [6, 6.07) is 19.2. The van der Waals surface area contributed by atoms with E-state index in [1.54, 1.807) is 10.9 Å². The molecule has 11 nitrogen and oxygen atoms in total. The van der Waals surface area contributed by atoms with Crippen molar-refractivity contribution in [2.45, 2.75) is 20.2 Å². The van der Waals surface area contributed by atoms with Crippen molar-refractivity contribution >= 4 is 44.3 Å². The molecule has 0 N–H and O–H groups in total. The quantitative estimate of drug-likeness (QED) is 0.158. The van der Waals surface area contributed by atoms with Crippen LogP contribution in [0.2, 0.25) is 0 Å². The topological polar surface area (TPSA) is 123 Å². The van der Waals surface area contributed by atoms with E-state index in [1.807, 2.05) is 0 Å². The minimum atomic E-state index is -0.684. The van der Waals surface area contributed by atoms with Gasteiger partial charge in [-0.2, -0.15) is 4.98 Å². The van der Waals surface area contributed by atoms with Crippen LogP contribution in [-0.2, 0) is 32.3 Å². The first-order chi connectivity index (χ1) is 19.0. The van der Waals surface area contributed by atoms with Crippen LogP contribution in [0.15, 0.2) is 60.8 Å². The third kappa shape index (κ3) is 4.64. The van der Waals surface area contributed by atoms with Gasteiger partial charge < -0.3 is 14.2 Å². The molecule has 6 aromatic rings. The molecule has 2 heterocycles.